The number of aromatic nitrogens is 2. The second kappa shape index (κ2) is 5.02. The second-order valence-electron chi connectivity index (χ2n) is 5.54. The van der Waals surface area contributed by atoms with E-state index in [9.17, 15) is 4.79 Å². The summed E-state index contributed by atoms with van der Waals surface area (Å²) >= 11 is 0. The maximum Gasteiger partial charge on any atom is 0.245 e. The zero-order valence-corrected chi connectivity index (χ0v) is 11.2. The van der Waals surface area contributed by atoms with Gasteiger partial charge in [-0.05, 0) is 31.4 Å². The van der Waals surface area contributed by atoms with E-state index in [1.807, 2.05) is 7.05 Å². The Morgan fingerprint density at radius 3 is 2.89 bits per heavy atom. The molecule has 5 nitrogen and oxygen atoms in total. The summed E-state index contributed by atoms with van der Waals surface area (Å²) in [4.78, 5) is 22.3. The normalized spacial score (nSPS) is 23.8. The standard InChI is InChI=1S/C13H20N4O/c1-13(2)6-4-10(14-3)12(18)17(8-13)11-5-7-15-9-16-11/h5,7,9-10,14H,4,6,8H2,1-3H3. The fourth-order valence-electron chi connectivity index (χ4n) is 2.34. The van der Waals surface area contributed by atoms with Crippen molar-refractivity contribution in [3.8, 4) is 0 Å². The highest BCUT2D eigenvalue weighted by Gasteiger charge is 2.35. The molecule has 5 heteroatoms. The van der Waals surface area contributed by atoms with E-state index in [1.165, 1.54) is 6.33 Å². The third kappa shape index (κ3) is 2.67. The van der Waals surface area contributed by atoms with E-state index >= 15 is 0 Å². The lowest BCUT2D eigenvalue weighted by Crippen LogP contribution is -2.45. The molecule has 1 aliphatic heterocycles. The maximum atomic E-state index is 12.5. The molecule has 98 valence electrons. The summed E-state index contributed by atoms with van der Waals surface area (Å²) in [5.74, 6) is 0.784. The average molecular weight is 248 g/mol. The molecule has 0 radical (unpaired) electrons. The molecule has 1 fully saturated rings. The highest BCUT2D eigenvalue weighted by molar-refractivity contribution is 5.96. The second-order valence-corrected chi connectivity index (χ2v) is 5.54. The summed E-state index contributed by atoms with van der Waals surface area (Å²) in [6.45, 7) is 5.07. The molecule has 1 N–H and O–H groups in total. The number of nitrogens with zero attached hydrogens (tertiary/aromatic N) is 3. The molecule has 2 heterocycles. The number of carbonyl (C=O) groups excluding carboxylic acids is 1. The predicted molar refractivity (Wildman–Crippen MR) is 70.2 cm³/mol. The minimum absolute atomic E-state index is 0.0989. The van der Waals surface area contributed by atoms with Gasteiger partial charge in [0.1, 0.15) is 12.1 Å². The van der Waals surface area contributed by atoms with Gasteiger partial charge in [0.2, 0.25) is 5.91 Å². The maximum absolute atomic E-state index is 12.5. The van der Waals surface area contributed by atoms with Gasteiger partial charge in [-0.15, -0.1) is 0 Å². The van der Waals surface area contributed by atoms with E-state index in [-0.39, 0.29) is 17.4 Å². The van der Waals surface area contributed by atoms with Crippen LogP contribution in [-0.2, 0) is 4.79 Å². The first-order chi connectivity index (χ1) is 8.53. The van der Waals surface area contributed by atoms with Crippen molar-refractivity contribution in [3.63, 3.8) is 0 Å². The predicted octanol–water partition coefficient (Wildman–Crippen LogP) is 1.22. The van der Waals surface area contributed by atoms with Gasteiger partial charge in [-0.3, -0.25) is 9.69 Å². The summed E-state index contributed by atoms with van der Waals surface area (Å²) in [5, 5.41) is 3.10. The Kier molecular flexibility index (Phi) is 3.61. The molecule has 0 aliphatic carbocycles. The fraction of sp³-hybridized carbons (Fsp3) is 0.615. The first-order valence-corrected chi connectivity index (χ1v) is 6.28. The number of carbonyl (C=O) groups is 1. The summed E-state index contributed by atoms with van der Waals surface area (Å²) in [7, 11) is 1.83. The van der Waals surface area contributed by atoms with Gasteiger partial charge >= 0.3 is 0 Å². The highest BCUT2D eigenvalue weighted by atomic mass is 16.2. The zero-order chi connectivity index (χ0) is 13.2. The number of hydrogen-bond donors (Lipinski definition) is 1. The lowest BCUT2D eigenvalue weighted by atomic mass is 9.87. The minimum Gasteiger partial charge on any atom is -0.309 e. The van der Waals surface area contributed by atoms with E-state index in [4.69, 9.17) is 0 Å². The molecule has 1 saturated heterocycles. The summed E-state index contributed by atoms with van der Waals surface area (Å²) in [5.41, 5.74) is 0.103. The molecule has 1 atom stereocenters. The van der Waals surface area contributed by atoms with Crippen LogP contribution in [0.5, 0.6) is 0 Å². The van der Waals surface area contributed by atoms with Crippen LogP contribution >= 0.6 is 0 Å². The smallest absolute Gasteiger partial charge is 0.245 e. The molecule has 0 spiro atoms. The van der Waals surface area contributed by atoms with Crippen LogP contribution in [0.1, 0.15) is 26.7 Å². The number of hydrogen-bond acceptors (Lipinski definition) is 4. The molecule has 2 rings (SSSR count). The van der Waals surface area contributed by atoms with Gasteiger partial charge in [-0.2, -0.15) is 0 Å². The van der Waals surface area contributed by atoms with Crippen LogP contribution < -0.4 is 10.2 Å². The molecular formula is C13H20N4O. The van der Waals surface area contributed by atoms with E-state index < -0.39 is 0 Å². The van der Waals surface area contributed by atoms with Crippen LogP contribution in [0.25, 0.3) is 0 Å². The summed E-state index contributed by atoms with van der Waals surface area (Å²) in [6, 6.07) is 1.66. The molecular weight excluding hydrogens is 228 g/mol. The van der Waals surface area contributed by atoms with E-state index in [0.717, 1.165) is 12.8 Å². The molecule has 0 aromatic carbocycles. The topological polar surface area (TPSA) is 58.1 Å². The van der Waals surface area contributed by atoms with Gasteiger partial charge < -0.3 is 5.32 Å². The van der Waals surface area contributed by atoms with Crippen LogP contribution in [0, 0.1) is 5.41 Å². The van der Waals surface area contributed by atoms with Crippen LogP contribution in [-0.4, -0.2) is 35.5 Å². The lowest BCUT2D eigenvalue weighted by Gasteiger charge is -2.29. The molecule has 1 aromatic heterocycles. The number of likely N-dealkylation sites (N-methyl/N-ethyl adjacent to an activating group) is 1. The average Bonchev–Trinajstić information content (AvgIpc) is 2.48. The van der Waals surface area contributed by atoms with Crippen molar-refractivity contribution >= 4 is 11.7 Å². The van der Waals surface area contributed by atoms with Gasteiger partial charge in [0.25, 0.3) is 0 Å². The van der Waals surface area contributed by atoms with Gasteiger partial charge in [0, 0.05) is 12.7 Å². The van der Waals surface area contributed by atoms with E-state index in [2.05, 4.69) is 29.1 Å². The zero-order valence-electron chi connectivity index (χ0n) is 11.2. The molecule has 0 saturated carbocycles. The molecule has 1 unspecified atom stereocenters. The number of amides is 1. The largest absolute Gasteiger partial charge is 0.309 e. The van der Waals surface area contributed by atoms with Gasteiger partial charge in [0.15, 0.2) is 0 Å². The quantitative estimate of drug-likeness (QED) is 0.855. The molecule has 1 amide bonds. The number of rotatable bonds is 2. The first-order valence-electron chi connectivity index (χ1n) is 6.28. The monoisotopic (exact) mass is 248 g/mol. The Balaban J connectivity index is 2.32. The van der Waals surface area contributed by atoms with Crippen molar-refractivity contribution in [2.45, 2.75) is 32.7 Å². The lowest BCUT2D eigenvalue weighted by molar-refractivity contribution is -0.120. The number of nitrogens with one attached hydrogen (secondary N) is 1. The Bertz CT molecular complexity index is 418. The summed E-state index contributed by atoms with van der Waals surface area (Å²) < 4.78 is 0. The van der Waals surface area contributed by atoms with Crippen molar-refractivity contribution < 1.29 is 4.79 Å². The van der Waals surface area contributed by atoms with Crippen molar-refractivity contribution in [3.05, 3.63) is 18.6 Å². The van der Waals surface area contributed by atoms with Crippen molar-refractivity contribution in [2.75, 3.05) is 18.5 Å². The van der Waals surface area contributed by atoms with Crippen molar-refractivity contribution in [1.29, 1.82) is 0 Å². The molecule has 1 aromatic rings. The van der Waals surface area contributed by atoms with Gasteiger partial charge in [-0.25, -0.2) is 9.97 Å². The van der Waals surface area contributed by atoms with Crippen LogP contribution in [0.15, 0.2) is 18.6 Å². The third-order valence-electron chi connectivity index (χ3n) is 3.45. The van der Waals surface area contributed by atoms with Crippen LogP contribution in [0.4, 0.5) is 5.82 Å². The third-order valence-corrected chi connectivity index (χ3v) is 3.45. The van der Waals surface area contributed by atoms with Gasteiger partial charge in [0.05, 0.1) is 6.04 Å². The number of anilines is 1. The fourth-order valence-corrected chi connectivity index (χ4v) is 2.34. The summed E-state index contributed by atoms with van der Waals surface area (Å²) in [6.07, 6.45) is 5.03. The highest BCUT2D eigenvalue weighted by Crippen LogP contribution is 2.30. The SMILES string of the molecule is CNC1CCC(C)(C)CN(c2ccncn2)C1=O. The first kappa shape index (κ1) is 13.0. The Morgan fingerprint density at radius 2 is 2.28 bits per heavy atom. The Labute approximate surface area is 108 Å². The molecule has 0 bridgehead atoms. The molecule has 1 aliphatic rings. The Morgan fingerprint density at radius 1 is 1.50 bits per heavy atom. The van der Waals surface area contributed by atoms with Gasteiger partial charge in [-0.1, -0.05) is 13.8 Å². The molecule has 18 heavy (non-hydrogen) atoms. The van der Waals surface area contributed by atoms with Crippen molar-refractivity contribution in [1.82, 2.24) is 15.3 Å². The Hall–Kier alpha value is -1.49. The van der Waals surface area contributed by atoms with Crippen molar-refractivity contribution in [2.24, 2.45) is 5.41 Å². The van der Waals surface area contributed by atoms with Crippen LogP contribution in [0.2, 0.25) is 0 Å². The minimum atomic E-state index is -0.123. The van der Waals surface area contributed by atoms with E-state index in [0.29, 0.717) is 12.4 Å². The van der Waals surface area contributed by atoms with E-state index in [1.54, 1.807) is 17.2 Å². The van der Waals surface area contributed by atoms with Crippen LogP contribution in [0.3, 0.4) is 0 Å².